The van der Waals surface area contributed by atoms with Gasteiger partial charge >= 0.3 is 0 Å². The van der Waals surface area contributed by atoms with Crippen molar-refractivity contribution in [3.63, 3.8) is 0 Å². The Labute approximate surface area is 111 Å². The highest BCUT2D eigenvalue weighted by Crippen LogP contribution is 2.34. The summed E-state index contributed by atoms with van der Waals surface area (Å²) in [6.07, 6.45) is 3.03. The van der Waals surface area contributed by atoms with Gasteiger partial charge in [0.2, 0.25) is 5.70 Å². The van der Waals surface area contributed by atoms with Gasteiger partial charge in [0, 0.05) is 31.4 Å². The van der Waals surface area contributed by atoms with Crippen molar-refractivity contribution in [1.82, 2.24) is 10.2 Å². The molecule has 2 unspecified atom stereocenters. The topological polar surface area (TPSA) is 92.5 Å². The molecule has 0 amide bonds. The highest BCUT2D eigenvalue weighted by atomic mass is 32.2. The van der Waals surface area contributed by atoms with E-state index in [-0.39, 0.29) is 23.9 Å². The predicted molar refractivity (Wildman–Crippen MR) is 68.7 cm³/mol. The summed E-state index contributed by atoms with van der Waals surface area (Å²) < 4.78 is 24.6. The monoisotopic (exact) mass is 285 g/mol. The average Bonchev–Trinajstić information content (AvgIpc) is 2.38. The predicted octanol–water partition coefficient (Wildman–Crippen LogP) is -0.495. The molecule has 8 heteroatoms. The fourth-order valence-electron chi connectivity index (χ4n) is 3.01. The third-order valence-corrected chi connectivity index (χ3v) is 6.07. The highest BCUT2D eigenvalue weighted by Gasteiger charge is 2.45. The van der Waals surface area contributed by atoms with Gasteiger partial charge in [0.1, 0.15) is 5.25 Å². The molecule has 3 rings (SSSR count). The normalized spacial score (nSPS) is 32.7. The summed E-state index contributed by atoms with van der Waals surface area (Å²) in [6, 6.07) is -0.0493. The fourth-order valence-corrected chi connectivity index (χ4v) is 5.09. The minimum absolute atomic E-state index is 0.0161. The first kappa shape index (κ1) is 12.6. The van der Waals surface area contributed by atoms with Gasteiger partial charge in [-0.05, 0) is 6.08 Å². The van der Waals surface area contributed by atoms with Crippen LogP contribution in [0.25, 0.3) is 0 Å². The molecule has 1 aliphatic carbocycles. The molecule has 0 saturated carbocycles. The zero-order valence-corrected chi connectivity index (χ0v) is 11.1. The maximum atomic E-state index is 12.3. The van der Waals surface area contributed by atoms with Gasteiger partial charge in [-0.2, -0.15) is 0 Å². The number of allylic oxidation sites excluding steroid dienone is 3. The number of nitro groups is 1. The quantitative estimate of drug-likeness (QED) is 0.516. The van der Waals surface area contributed by atoms with E-state index in [1.807, 2.05) is 0 Å². The first-order chi connectivity index (χ1) is 8.99. The molecule has 2 fully saturated rings. The second-order valence-corrected chi connectivity index (χ2v) is 7.31. The van der Waals surface area contributed by atoms with E-state index in [1.165, 1.54) is 6.08 Å². The Morgan fingerprint density at radius 3 is 2.95 bits per heavy atom. The summed E-state index contributed by atoms with van der Waals surface area (Å²) in [5, 5.41) is 13.3. The number of nitrogens with zero attached hydrogens (tertiary/aromatic N) is 2. The van der Waals surface area contributed by atoms with Crippen molar-refractivity contribution in [2.75, 3.05) is 25.4 Å². The molecule has 2 heterocycles. The Hall–Kier alpha value is -1.41. The van der Waals surface area contributed by atoms with E-state index < -0.39 is 20.0 Å². The van der Waals surface area contributed by atoms with Crippen LogP contribution in [-0.4, -0.2) is 54.9 Å². The summed E-state index contributed by atoms with van der Waals surface area (Å²) in [5.74, 6) is 0.0764. The molecular weight excluding hydrogens is 270 g/mol. The molecule has 0 aromatic rings. The number of hydrogen-bond donors (Lipinski definition) is 1. The molecular formula is C11H15N3O4S. The third-order valence-electron chi connectivity index (χ3n) is 3.95. The van der Waals surface area contributed by atoms with Crippen LogP contribution in [0.1, 0.15) is 6.42 Å². The lowest BCUT2D eigenvalue weighted by molar-refractivity contribution is -0.428. The van der Waals surface area contributed by atoms with Crippen LogP contribution in [0.2, 0.25) is 0 Å². The Balaban J connectivity index is 2.02. The SMILES string of the molecule is O=[N+]([O-])C1=CC=C2C(C1)S(=O)(=O)CC1CNCCN21. The van der Waals surface area contributed by atoms with E-state index in [0.717, 1.165) is 18.8 Å². The second kappa shape index (κ2) is 4.31. The van der Waals surface area contributed by atoms with Crippen LogP contribution in [0.3, 0.4) is 0 Å². The first-order valence-electron chi connectivity index (χ1n) is 6.23. The van der Waals surface area contributed by atoms with Crippen LogP contribution in [0.15, 0.2) is 23.5 Å². The van der Waals surface area contributed by atoms with E-state index in [2.05, 4.69) is 10.2 Å². The Morgan fingerprint density at radius 2 is 2.21 bits per heavy atom. The Morgan fingerprint density at radius 1 is 1.42 bits per heavy atom. The fraction of sp³-hybridized carbons (Fsp3) is 0.636. The Bertz CT molecular complexity index is 581. The molecule has 19 heavy (non-hydrogen) atoms. The van der Waals surface area contributed by atoms with Gasteiger partial charge in [-0.3, -0.25) is 10.1 Å². The molecule has 3 aliphatic rings. The standard InChI is InChI=1S/C11H15N3O4S/c15-14(16)8-1-2-10-11(5-8)19(17,18)7-9-6-12-3-4-13(9)10/h1-2,9,11-12H,3-7H2. The minimum atomic E-state index is -3.32. The lowest BCUT2D eigenvalue weighted by Crippen LogP contribution is -2.60. The summed E-state index contributed by atoms with van der Waals surface area (Å²) in [6.45, 7) is 2.21. The van der Waals surface area contributed by atoms with Gasteiger partial charge in [0.05, 0.1) is 23.1 Å². The molecule has 2 atom stereocenters. The minimum Gasteiger partial charge on any atom is -0.367 e. The van der Waals surface area contributed by atoms with E-state index >= 15 is 0 Å². The van der Waals surface area contributed by atoms with Crippen molar-refractivity contribution >= 4 is 9.84 Å². The number of piperazine rings is 1. The maximum Gasteiger partial charge on any atom is 0.248 e. The van der Waals surface area contributed by atoms with E-state index in [1.54, 1.807) is 6.08 Å². The number of nitrogens with one attached hydrogen (secondary N) is 1. The summed E-state index contributed by atoms with van der Waals surface area (Å²) in [4.78, 5) is 12.4. The van der Waals surface area contributed by atoms with Crippen molar-refractivity contribution in [3.8, 4) is 0 Å². The lowest BCUT2D eigenvalue weighted by Gasteiger charge is -2.46. The maximum absolute atomic E-state index is 12.3. The van der Waals surface area contributed by atoms with Crippen LogP contribution in [0.4, 0.5) is 0 Å². The van der Waals surface area contributed by atoms with E-state index in [0.29, 0.717) is 6.54 Å². The summed E-state index contributed by atoms with van der Waals surface area (Å²) in [7, 11) is -3.32. The number of rotatable bonds is 1. The van der Waals surface area contributed by atoms with Gasteiger partial charge in [-0.15, -0.1) is 0 Å². The van der Waals surface area contributed by atoms with Gasteiger partial charge in [0.25, 0.3) is 0 Å². The van der Waals surface area contributed by atoms with Crippen molar-refractivity contribution in [2.24, 2.45) is 0 Å². The zero-order chi connectivity index (χ0) is 13.6. The van der Waals surface area contributed by atoms with E-state index in [4.69, 9.17) is 0 Å². The summed E-state index contributed by atoms with van der Waals surface area (Å²) >= 11 is 0. The van der Waals surface area contributed by atoms with Crippen molar-refractivity contribution in [1.29, 1.82) is 0 Å². The van der Waals surface area contributed by atoms with Gasteiger partial charge in [-0.25, -0.2) is 8.42 Å². The van der Waals surface area contributed by atoms with Gasteiger partial charge in [0.15, 0.2) is 9.84 Å². The number of fused-ring (bicyclic) bond motifs is 3. The highest BCUT2D eigenvalue weighted by molar-refractivity contribution is 7.92. The van der Waals surface area contributed by atoms with E-state index in [9.17, 15) is 18.5 Å². The van der Waals surface area contributed by atoms with Crippen molar-refractivity contribution in [2.45, 2.75) is 17.7 Å². The molecule has 0 bridgehead atoms. The van der Waals surface area contributed by atoms with Gasteiger partial charge in [-0.1, -0.05) is 0 Å². The molecule has 7 nitrogen and oxygen atoms in total. The second-order valence-electron chi connectivity index (χ2n) is 5.08. The lowest BCUT2D eigenvalue weighted by atomic mass is 10.0. The Kier molecular flexibility index (Phi) is 2.86. The van der Waals surface area contributed by atoms with Crippen LogP contribution in [-0.2, 0) is 9.84 Å². The first-order valence-corrected chi connectivity index (χ1v) is 7.94. The average molecular weight is 285 g/mol. The molecule has 0 aromatic heterocycles. The van der Waals surface area contributed by atoms with Crippen LogP contribution in [0, 0.1) is 10.1 Å². The van der Waals surface area contributed by atoms with Crippen LogP contribution < -0.4 is 5.32 Å². The van der Waals surface area contributed by atoms with Gasteiger partial charge < -0.3 is 10.2 Å². The largest absolute Gasteiger partial charge is 0.367 e. The molecule has 2 saturated heterocycles. The third kappa shape index (κ3) is 2.04. The molecule has 104 valence electrons. The van der Waals surface area contributed by atoms with Crippen LogP contribution >= 0.6 is 0 Å². The smallest absolute Gasteiger partial charge is 0.248 e. The van der Waals surface area contributed by atoms with Crippen LogP contribution in [0.5, 0.6) is 0 Å². The number of sulfone groups is 1. The molecule has 1 N–H and O–H groups in total. The van der Waals surface area contributed by atoms with Crippen molar-refractivity contribution < 1.29 is 13.3 Å². The molecule has 0 spiro atoms. The number of hydrogen-bond acceptors (Lipinski definition) is 6. The molecule has 2 aliphatic heterocycles. The zero-order valence-electron chi connectivity index (χ0n) is 10.3. The summed E-state index contributed by atoms with van der Waals surface area (Å²) in [5.41, 5.74) is 0.703. The molecule has 0 radical (unpaired) electrons. The van der Waals surface area contributed by atoms with Crippen molar-refractivity contribution in [3.05, 3.63) is 33.7 Å². The molecule has 0 aromatic carbocycles.